The maximum absolute atomic E-state index is 12.3. The van der Waals surface area contributed by atoms with Gasteiger partial charge >= 0.3 is 0 Å². The van der Waals surface area contributed by atoms with Crippen LogP contribution in [0.25, 0.3) is 10.6 Å². The monoisotopic (exact) mass is 334 g/mol. The van der Waals surface area contributed by atoms with Gasteiger partial charge in [-0.3, -0.25) is 10.1 Å². The molecular formula is C18H14N4OS. The lowest BCUT2D eigenvalue weighted by atomic mass is 10.1. The number of carbonyl (C=O) groups is 1. The highest BCUT2D eigenvalue weighted by Crippen LogP contribution is 2.29. The van der Waals surface area contributed by atoms with Gasteiger partial charge in [-0.2, -0.15) is 5.26 Å². The van der Waals surface area contributed by atoms with Crippen LogP contribution in [0, 0.1) is 25.2 Å². The number of rotatable bonds is 3. The number of nitrogens with zero attached hydrogens (tertiary/aromatic N) is 3. The molecular weight excluding hydrogens is 320 g/mol. The van der Waals surface area contributed by atoms with E-state index in [1.54, 1.807) is 24.3 Å². The molecule has 2 aromatic carbocycles. The Hall–Kier alpha value is -3.04. The summed E-state index contributed by atoms with van der Waals surface area (Å²) < 4.78 is 0. The van der Waals surface area contributed by atoms with Crippen molar-refractivity contribution in [2.24, 2.45) is 0 Å². The highest BCUT2D eigenvalue weighted by Gasteiger charge is 2.13. The van der Waals surface area contributed by atoms with E-state index in [0.717, 1.165) is 16.1 Å². The molecule has 0 saturated heterocycles. The minimum Gasteiger partial charge on any atom is -0.296 e. The summed E-state index contributed by atoms with van der Waals surface area (Å²) in [5, 5.41) is 21.0. The third-order valence-corrected chi connectivity index (χ3v) is 4.38. The summed E-state index contributed by atoms with van der Waals surface area (Å²) in [5.41, 5.74) is 4.16. The fourth-order valence-corrected chi connectivity index (χ4v) is 3.16. The Bertz CT molecular complexity index is 956. The van der Waals surface area contributed by atoms with Gasteiger partial charge in [-0.05, 0) is 37.6 Å². The smallest absolute Gasteiger partial charge is 0.257 e. The number of carbonyl (C=O) groups excluding carboxylic acids is 1. The van der Waals surface area contributed by atoms with Crippen molar-refractivity contribution in [3.8, 4) is 16.6 Å². The van der Waals surface area contributed by atoms with Crippen molar-refractivity contribution < 1.29 is 4.79 Å². The Morgan fingerprint density at radius 1 is 1.17 bits per heavy atom. The molecule has 0 aliphatic heterocycles. The lowest BCUT2D eigenvalue weighted by Gasteiger charge is -2.02. The summed E-state index contributed by atoms with van der Waals surface area (Å²) in [4.78, 5) is 12.3. The van der Waals surface area contributed by atoms with Gasteiger partial charge in [-0.25, -0.2) is 0 Å². The topological polar surface area (TPSA) is 78.7 Å². The van der Waals surface area contributed by atoms with Gasteiger partial charge < -0.3 is 0 Å². The van der Waals surface area contributed by atoms with Crippen molar-refractivity contribution in [2.45, 2.75) is 13.8 Å². The highest BCUT2D eigenvalue weighted by molar-refractivity contribution is 7.18. The first kappa shape index (κ1) is 15.8. The van der Waals surface area contributed by atoms with Crippen LogP contribution >= 0.6 is 11.3 Å². The first-order valence-electron chi connectivity index (χ1n) is 7.29. The van der Waals surface area contributed by atoms with Gasteiger partial charge in [0.1, 0.15) is 5.01 Å². The molecule has 0 bridgehead atoms. The Labute approximate surface area is 143 Å². The van der Waals surface area contributed by atoms with Crippen LogP contribution in [0.5, 0.6) is 0 Å². The molecule has 1 heterocycles. The van der Waals surface area contributed by atoms with Crippen molar-refractivity contribution in [3.63, 3.8) is 0 Å². The molecule has 24 heavy (non-hydrogen) atoms. The number of nitriles is 1. The average Bonchev–Trinajstić information content (AvgIpc) is 3.03. The number of anilines is 1. The third kappa shape index (κ3) is 3.31. The second-order valence-corrected chi connectivity index (χ2v) is 6.35. The SMILES string of the molecule is Cc1ccc(-c2nnc(NC(=O)c3cccc(C#N)c3)s2)c(C)c1. The number of aryl methyl sites for hydroxylation is 2. The summed E-state index contributed by atoms with van der Waals surface area (Å²) >= 11 is 1.32. The molecule has 1 amide bonds. The quantitative estimate of drug-likeness (QED) is 0.786. The highest BCUT2D eigenvalue weighted by atomic mass is 32.1. The van der Waals surface area contributed by atoms with Crippen LogP contribution in [0.15, 0.2) is 42.5 Å². The van der Waals surface area contributed by atoms with E-state index in [-0.39, 0.29) is 5.91 Å². The van der Waals surface area contributed by atoms with Gasteiger partial charge in [0.05, 0.1) is 11.6 Å². The zero-order valence-corrected chi connectivity index (χ0v) is 14.0. The van der Waals surface area contributed by atoms with Crippen LogP contribution in [-0.2, 0) is 0 Å². The minimum atomic E-state index is -0.310. The van der Waals surface area contributed by atoms with Crippen LogP contribution < -0.4 is 5.32 Å². The first-order chi connectivity index (χ1) is 11.6. The van der Waals surface area contributed by atoms with Crippen molar-refractivity contribution in [3.05, 3.63) is 64.7 Å². The Kier molecular flexibility index (Phi) is 4.36. The van der Waals surface area contributed by atoms with Crippen molar-refractivity contribution >= 4 is 22.4 Å². The van der Waals surface area contributed by atoms with Crippen molar-refractivity contribution in [2.75, 3.05) is 5.32 Å². The summed E-state index contributed by atoms with van der Waals surface area (Å²) in [6, 6.07) is 14.7. The summed E-state index contributed by atoms with van der Waals surface area (Å²) in [6.45, 7) is 4.06. The first-order valence-corrected chi connectivity index (χ1v) is 8.11. The Morgan fingerprint density at radius 3 is 2.75 bits per heavy atom. The number of aromatic nitrogens is 2. The van der Waals surface area contributed by atoms with E-state index >= 15 is 0 Å². The molecule has 0 aliphatic rings. The zero-order chi connectivity index (χ0) is 17.1. The molecule has 0 aliphatic carbocycles. The molecule has 5 nitrogen and oxygen atoms in total. The van der Waals surface area contributed by atoms with Crippen LogP contribution in [0.1, 0.15) is 27.0 Å². The molecule has 6 heteroatoms. The standard InChI is InChI=1S/C18H14N4OS/c1-11-6-7-15(12(2)8-11)17-21-22-18(24-17)20-16(23)14-5-3-4-13(9-14)10-19/h3-9H,1-2H3,(H,20,22,23). The average molecular weight is 334 g/mol. The summed E-state index contributed by atoms with van der Waals surface area (Å²) in [5.74, 6) is -0.310. The molecule has 3 rings (SSSR count). The number of hydrogen-bond donors (Lipinski definition) is 1. The van der Waals surface area contributed by atoms with Crippen LogP contribution in [0.4, 0.5) is 5.13 Å². The zero-order valence-electron chi connectivity index (χ0n) is 13.2. The Balaban J connectivity index is 1.81. The summed E-state index contributed by atoms with van der Waals surface area (Å²) in [7, 11) is 0. The fraction of sp³-hybridized carbons (Fsp3) is 0.111. The molecule has 1 aromatic heterocycles. The van der Waals surface area contributed by atoms with Gasteiger partial charge in [0, 0.05) is 11.1 Å². The Morgan fingerprint density at radius 2 is 2.00 bits per heavy atom. The second-order valence-electron chi connectivity index (χ2n) is 5.38. The number of hydrogen-bond acceptors (Lipinski definition) is 5. The van der Waals surface area contributed by atoms with Crippen LogP contribution in [0.2, 0.25) is 0 Å². The predicted molar refractivity (Wildman–Crippen MR) is 93.9 cm³/mol. The minimum absolute atomic E-state index is 0.310. The normalized spacial score (nSPS) is 10.2. The molecule has 0 spiro atoms. The van der Waals surface area contributed by atoms with E-state index in [2.05, 4.69) is 21.6 Å². The maximum atomic E-state index is 12.3. The molecule has 0 radical (unpaired) electrons. The fourth-order valence-electron chi connectivity index (χ4n) is 2.34. The van der Waals surface area contributed by atoms with Crippen molar-refractivity contribution in [1.82, 2.24) is 10.2 Å². The lowest BCUT2D eigenvalue weighted by Crippen LogP contribution is -2.11. The van der Waals surface area contributed by atoms with Gasteiger partial charge in [0.2, 0.25) is 5.13 Å². The predicted octanol–water partition coefficient (Wildman–Crippen LogP) is 3.95. The van der Waals surface area contributed by atoms with E-state index in [4.69, 9.17) is 5.26 Å². The van der Waals surface area contributed by atoms with E-state index in [9.17, 15) is 4.79 Å². The maximum Gasteiger partial charge on any atom is 0.257 e. The molecule has 0 saturated carbocycles. The van der Waals surface area contributed by atoms with E-state index in [1.807, 2.05) is 32.0 Å². The van der Waals surface area contributed by atoms with Gasteiger partial charge in [-0.1, -0.05) is 41.2 Å². The molecule has 0 unspecified atom stereocenters. The lowest BCUT2D eigenvalue weighted by molar-refractivity contribution is 0.102. The molecule has 118 valence electrons. The number of nitrogens with one attached hydrogen (secondary N) is 1. The second kappa shape index (κ2) is 6.60. The summed E-state index contributed by atoms with van der Waals surface area (Å²) in [6.07, 6.45) is 0. The van der Waals surface area contributed by atoms with E-state index < -0.39 is 0 Å². The van der Waals surface area contributed by atoms with E-state index in [1.165, 1.54) is 16.9 Å². The number of benzene rings is 2. The van der Waals surface area contributed by atoms with Crippen LogP contribution in [-0.4, -0.2) is 16.1 Å². The molecule has 1 N–H and O–H groups in total. The molecule has 3 aromatic rings. The van der Waals surface area contributed by atoms with Crippen molar-refractivity contribution in [1.29, 1.82) is 5.26 Å². The van der Waals surface area contributed by atoms with Crippen LogP contribution in [0.3, 0.4) is 0 Å². The van der Waals surface area contributed by atoms with Gasteiger partial charge in [0.15, 0.2) is 0 Å². The molecule has 0 atom stereocenters. The molecule has 0 fully saturated rings. The largest absolute Gasteiger partial charge is 0.296 e. The van der Waals surface area contributed by atoms with E-state index in [0.29, 0.717) is 16.3 Å². The third-order valence-electron chi connectivity index (χ3n) is 3.51. The van der Waals surface area contributed by atoms with Gasteiger partial charge in [-0.15, -0.1) is 10.2 Å². The van der Waals surface area contributed by atoms with Gasteiger partial charge in [0.25, 0.3) is 5.91 Å². The number of amides is 1.